The zero-order valence-corrected chi connectivity index (χ0v) is 8.12. The number of rotatable bonds is 1. The van der Waals surface area contributed by atoms with Crippen LogP contribution in [0.5, 0.6) is 0 Å². The third kappa shape index (κ3) is 1.29. The maximum atomic E-state index is 13.3. The molecule has 2 rings (SSSR count). The largest absolute Gasteiger partial charge is 0.398 e. The van der Waals surface area contributed by atoms with E-state index in [0.717, 1.165) is 11.1 Å². The van der Waals surface area contributed by atoms with Crippen molar-refractivity contribution in [3.8, 4) is 0 Å². The molecule has 0 amide bonds. The van der Waals surface area contributed by atoms with E-state index in [-0.39, 0.29) is 5.82 Å². The fraction of sp³-hybridized carbons (Fsp3) is 0.200. The average Bonchev–Trinajstić information content (AvgIpc) is 2.56. The van der Waals surface area contributed by atoms with Crippen LogP contribution in [0.25, 0.3) is 10.1 Å². The molecule has 0 spiro atoms. The minimum atomic E-state index is -0.180. The summed E-state index contributed by atoms with van der Waals surface area (Å²) in [6.45, 7) is 2.05. The van der Waals surface area contributed by atoms with Crippen LogP contribution in [0.3, 0.4) is 0 Å². The first kappa shape index (κ1) is 8.51. The molecule has 0 saturated carbocycles. The fourth-order valence-electron chi connectivity index (χ4n) is 1.34. The highest BCUT2D eigenvalue weighted by Gasteiger charge is 2.07. The Labute approximate surface area is 80.0 Å². The van der Waals surface area contributed by atoms with E-state index < -0.39 is 0 Å². The van der Waals surface area contributed by atoms with E-state index in [9.17, 15) is 4.39 Å². The first-order chi connectivity index (χ1) is 6.22. The molecule has 2 aromatic rings. The second-order valence-corrected chi connectivity index (χ2v) is 4.08. The van der Waals surface area contributed by atoms with Gasteiger partial charge >= 0.3 is 0 Å². The highest BCUT2D eigenvalue weighted by Crippen LogP contribution is 2.32. The number of anilines is 1. The molecule has 0 aliphatic heterocycles. The summed E-state index contributed by atoms with van der Waals surface area (Å²) in [7, 11) is 0. The summed E-state index contributed by atoms with van der Waals surface area (Å²) in [4.78, 5) is 1.17. The van der Waals surface area contributed by atoms with Gasteiger partial charge < -0.3 is 5.73 Å². The van der Waals surface area contributed by atoms with E-state index in [1.54, 1.807) is 17.4 Å². The Morgan fingerprint density at radius 2 is 2.23 bits per heavy atom. The number of nitrogens with two attached hydrogens (primary N) is 1. The first-order valence-corrected chi connectivity index (χ1v) is 5.00. The summed E-state index contributed by atoms with van der Waals surface area (Å²) < 4.78 is 14.1. The lowest BCUT2D eigenvalue weighted by molar-refractivity contribution is 0.640. The monoisotopic (exact) mass is 195 g/mol. The number of thiophene rings is 1. The second-order valence-electron chi connectivity index (χ2n) is 2.95. The van der Waals surface area contributed by atoms with Gasteiger partial charge in [-0.2, -0.15) is 0 Å². The lowest BCUT2D eigenvalue weighted by atomic mass is 10.2. The SMILES string of the molecule is CCc1cc2c(F)ccc(N)c2s1. The van der Waals surface area contributed by atoms with E-state index in [1.807, 2.05) is 6.07 Å². The second kappa shape index (κ2) is 3.00. The lowest BCUT2D eigenvalue weighted by Crippen LogP contribution is -1.84. The van der Waals surface area contributed by atoms with E-state index in [4.69, 9.17) is 5.73 Å². The van der Waals surface area contributed by atoms with Gasteiger partial charge in [-0.15, -0.1) is 11.3 Å². The highest BCUT2D eigenvalue weighted by molar-refractivity contribution is 7.19. The molecule has 0 fully saturated rings. The number of fused-ring (bicyclic) bond motifs is 1. The number of nitrogen functional groups attached to an aromatic ring is 1. The van der Waals surface area contributed by atoms with Crippen LogP contribution in [0.2, 0.25) is 0 Å². The molecule has 3 heteroatoms. The van der Waals surface area contributed by atoms with Gasteiger partial charge in [-0.05, 0) is 24.6 Å². The number of hydrogen-bond donors (Lipinski definition) is 1. The van der Waals surface area contributed by atoms with Crippen molar-refractivity contribution in [3.63, 3.8) is 0 Å². The Hall–Kier alpha value is -1.09. The molecule has 0 radical (unpaired) electrons. The summed E-state index contributed by atoms with van der Waals surface area (Å²) in [6, 6.07) is 4.92. The summed E-state index contributed by atoms with van der Waals surface area (Å²) in [6.07, 6.45) is 0.929. The van der Waals surface area contributed by atoms with Crippen LogP contribution in [0.15, 0.2) is 18.2 Å². The van der Waals surface area contributed by atoms with Crippen molar-refractivity contribution in [2.24, 2.45) is 0 Å². The minimum absolute atomic E-state index is 0.180. The number of halogens is 1. The number of benzene rings is 1. The Morgan fingerprint density at radius 1 is 1.46 bits per heavy atom. The van der Waals surface area contributed by atoms with Gasteiger partial charge in [0.15, 0.2) is 0 Å². The molecule has 1 aromatic carbocycles. The van der Waals surface area contributed by atoms with Gasteiger partial charge in [-0.3, -0.25) is 0 Å². The van der Waals surface area contributed by atoms with Gasteiger partial charge in [0.1, 0.15) is 5.82 Å². The molecular weight excluding hydrogens is 185 g/mol. The van der Waals surface area contributed by atoms with Crippen LogP contribution in [0, 0.1) is 5.82 Å². The van der Waals surface area contributed by atoms with Crippen molar-refractivity contribution in [3.05, 3.63) is 28.9 Å². The molecule has 0 bridgehead atoms. The average molecular weight is 195 g/mol. The molecule has 2 N–H and O–H groups in total. The topological polar surface area (TPSA) is 26.0 Å². The maximum Gasteiger partial charge on any atom is 0.132 e. The van der Waals surface area contributed by atoms with E-state index in [2.05, 4.69) is 6.92 Å². The van der Waals surface area contributed by atoms with Gasteiger partial charge in [0, 0.05) is 16.0 Å². The van der Waals surface area contributed by atoms with E-state index in [0.29, 0.717) is 11.1 Å². The van der Waals surface area contributed by atoms with Crippen LogP contribution >= 0.6 is 11.3 Å². The van der Waals surface area contributed by atoms with Crippen molar-refractivity contribution in [1.29, 1.82) is 0 Å². The van der Waals surface area contributed by atoms with Gasteiger partial charge in [-0.1, -0.05) is 6.92 Å². The Kier molecular flexibility index (Phi) is 1.96. The normalized spacial score (nSPS) is 10.9. The summed E-state index contributed by atoms with van der Waals surface area (Å²) in [5.74, 6) is -0.180. The Balaban J connectivity index is 2.80. The smallest absolute Gasteiger partial charge is 0.132 e. The zero-order chi connectivity index (χ0) is 9.42. The third-order valence-corrected chi connectivity index (χ3v) is 3.39. The Morgan fingerprint density at radius 3 is 2.85 bits per heavy atom. The van der Waals surface area contributed by atoms with E-state index in [1.165, 1.54) is 10.9 Å². The molecule has 0 aliphatic rings. The Bertz CT molecular complexity index is 408. The molecule has 13 heavy (non-hydrogen) atoms. The number of aryl methyl sites for hydroxylation is 1. The van der Waals surface area contributed by atoms with Gasteiger partial charge in [0.05, 0.1) is 4.70 Å². The standard InChI is InChI=1S/C10H10FNS/c1-2-6-5-7-8(11)3-4-9(12)10(7)13-6/h3-5H,2,12H2,1H3. The quantitative estimate of drug-likeness (QED) is 0.695. The molecular formula is C10H10FNS. The molecule has 1 aromatic heterocycles. The van der Waals surface area contributed by atoms with Crippen LogP contribution in [-0.4, -0.2) is 0 Å². The fourth-order valence-corrected chi connectivity index (χ4v) is 2.37. The minimum Gasteiger partial charge on any atom is -0.398 e. The lowest BCUT2D eigenvalue weighted by Gasteiger charge is -1.95. The molecule has 0 saturated heterocycles. The zero-order valence-electron chi connectivity index (χ0n) is 7.30. The van der Waals surface area contributed by atoms with Crippen molar-refractivity contribution in [2.45, 2.75) is 13.3 Å². The molecule has 1 heterocycles. The van der Waals surface area contributed by atoms with Crippen LogP contribution in [0.1, 0.15) is 11.8 Å². The van der Waals surface area contributed by atoms with Crippen LogP contribution < -0.4 is 5.73 Å². The maximum absolute atomic E-state index is 13.3. The molecule has 68 valence electrons. The molecule has 0 unspecified atom stereocenters. The molecule has 0 atom stereocenters. The van der Waals surface area contributed by atoms with Crippen molar-refractivity contribution in [1.82, 2.24) is 0 Å². The third-order valence-electron chi connectivity index (χ3n) is 2.06. The van der Waals surface area contributed by atoms with Crippen molar-refractivity contribution in [2.75, 3.05) is 5.73 Å². The summed E-state index contributed by atoms with van der Waals surface area (Å²) >= 11 is 1.57. The van der Waals surface area contributed by atoms with Gasteiger partial charge in [0.25, 0.3) is 0 Å². The highest BCUT2D eigenvalue weighted by atomic mass is 32.1. The summed E-state index contributed by atoms with van der Waals surface area (Å²) in [5.41, 5.74) is 6.40. The predicted octanol–water partition coefficient (Wildman–Crippen LogP) is 3.19. The van der Waals surface area contributed by atoms with Crippen molar-refractivity contribution < 1.29 is 4.39 Å². The summed E-state index contributed by atoms with van der Waals surface area (Å²) in [5, 5.41) is 0.654. The van der Waals surface area contributed by atoms with Crippen molar-refractivity contribution >= 4 is 27.1 Å². The number of hydrogen-bond acceptors (Lipinski definition) is 2. The first-order valence-electron chi connectivity index (χ1n) is 4.18. The predicted molar refractivity (Wildman–Crippen MR) is 55.6 cm³/mol. The van der Waals surface area contributed by atoms with Gasteiger partial charge in [-0.25, -0.2) is 4.39 Å². The van der Waals surface area contributed by atoms with E-state index >= 15 is 0 Å². The van der Waals surface area contributed by atoms with Crippen LogP contribution in [-0.2, 0) is 6.42 Å². The van der Waals surface area contributed by atoms with Gasteiger partial charge in [0.2, 0.25) is 0 Å². The van der Waals surface area contributed by atoms with Crippen LogP contribution in [0.4, 0.5) is 10.1 Å². The molecule has 1 nitrogen and oxygen atoms in total. The molecule has 0 aliphatic carbocycles.